The molecule has 1 aliphatic rings. The van der Waals surface area contributed by atoms with E-state index in [1.54, 1.807) is 11.2 Å². The number of nitrogens with one attached hydrogen (secondary N) is 1. The first-order valence-electron chi connectivity index (χ1n) is 7.98. The van der Waals surface area contributed by atoms with E-state index in [0.717, 1.165) is 25.1 Å². The molecule has 1 aromatic heterocycles. The van der Waals surface area contributed by atoms with Gasteiger partial charge < -0.3 is 5.32 Å². The fourth-order valence-electron chi connectivity index (χ4n) is 3.10. The van der Waals surface area contributed by atoms with Crippen LogP contribution in [0.25, 0.3) is 0 Å². The van der Waals surface area contributed by atoms with Crippen LogP contribution in [0.15, 0.2) is 4.90 Å². The van der Waals surface area contributed by atoms with E-state index in [1.807, 2.05) is 18.7 Å². The summed E-state index contributed by atoms with van der Waals surface area (Å²) < 4.78 is 29.5. The summed E-state index contributed by atoms with van der Waals surface area (Å²) in [4.78, 5) is 0.393. The summed E-state index contributed by atoms with van der Waals surface area (Å²) in [6.45, 7) is 9.72. The van der Waals surface area contributed by atoms with Gasteiger partial charge in [-0.05, 0) is 39.7 Å². The van der Waals surface area contributed by atoms with Crippen molar-refractivity contribution in [2.24, 2.45) is 5.92 Å². The van der Waals surface area contributed by atoms with E-state index in [2.05, 4.69) is 24.3 Å². The molecule has 0 radical (unpaired) electrons. The van der Waals surface area contributed by atoms with Crippen LogP contribution >= 0.6 is 12.4 Å². The number of hydrogen-bond acceptors (Lipinski definition) is 4. The molecule has 1 atom stereocenters. The number of hydrogen-bond donors (Lipinski definition) is 1. The van der Waals surface area contributed by atoms with Crippen molar-refractivity contribution in [3.63, 3.8) is 0 Å². The molecule has 0 saturated carbocycles. The topological polar surface area (TPSA) is 67.2 Å². The van der Waals surface area contributed by atoms with Crippen molar-refractivity contribution in [1.82, 2.24) is 19.4 Å². The lowest BCUT2D eigenvalue weighted by molar-refractivity contribution is 0.292. The Morgan fingerprint density at radius 1 is 1.35 bits per heavy atom. The molecule has 8 heteroatoms. The van der Waals surface area contributed by atoms with Crippen molar-refractivity contribution >= 4 is 22.4 Å². The fourth-order valence-corrected chi connectivity index (χ4v) is 5.00. The van der Waals surface area contributed by atoms with E-state index in [-0.39, 0.29) is 18.4 Å². The summed E-state index contributed by atoms with van der Waals surface area (Å²) in [5.74, 6) is 0.428. The van der Waals surface area contributed by atoms with Crippen molar-refractivity contribution in [2.75, 3.05) is 20.1 Å². The molecular weight excluding hydrogens is 336 g/mol. The summed E-state index contributed by atoms with van der Waals surface area (Å²) >= 11 is 0. The van der Waals surface area contributed by atoms with Crippen LogP contribution in [0.3, 0.4) is 0 Å². The van der Waals surface area contributed by atoms with Gasteiger partial charge in [-0.3, -0.25) is 4.68 Å². The Hall–Kier alpha value is -0.630. The molecule has 0 aromatic carbocycles. The maximum atomic E-state index is 13.0. The molecule has 0 amide bonds. The van der Waals surface area contributed by atoms with Crippen LogP contribution in [0.2, 0.25) is 0 Å². The van der Waals surface area contributed by atoms with Gasteiger partial charge in [0, 0.05) is 25.7 Å². The summed E-state index contributed by atoms with van der Waals surface area (Å²) in [6, 6.07) is 0.231. The highest BCUT2D eigenvalue weighted by Gasteiger charge is 2.34. The minimum absolute atomic E-state index is 0. The molecule has 0 aliphatic carbocycles. The van der Waals surface area contributed by atoms with E-state index in [4.69, 9.17) is 0 Å². The van der Waals surface area contributed by atoms with Gasteiger partial charge in [0.25, 0.3) is 0 Å². The van der Waals surface area contributed by atoms with E-state index in [9.17, 15) is 8.42 Å². The molecule has 1 fully saturated rings. The molecule has 0 bridgehead atoms. The molecule has 1 N–H and O–H groups in total. The van der Waals surface area contributed by atoms with Crippen LogP contribution < -0.4 is 5.32 Å². The average molecular weight is 365 g/mol. The summed E-state index contributed by atoms with van der Waals surface area (Å²) in [5, 5.41) is 7.64. The van der Waals surface area contributed by atoms with Crippen LogP contribution in [0, 0.1) is 19.8 Å². The number of piperidine rings is 1. The second kappa shape index (κ2) is 7.96. The van der Waals surface area contributed by atoms with Crippen LogP contribution in [0.4, 0.5) is 0 Å². The molecule has 23 heavy (non-hydrogen) atoms. The molecule has 134 valence electrons. The minimum Gasteiger partial charge on any atom is -0.316 e. The lowest BCUT2D eigenvalue weighted by atomic mass is 10.1. The zero-order chi connectivity index (χ0) is 16.5. The SMILES string of the molecule is CNC1CCCN(S(=O)(=O)c2c(C)nn(CC(C)C)c2C)C1.Cl. The first-order chi connectivity index (χ1) is 10.3. The highest BCUT2D eigenvalue weighted by atomic mass is 35.5. The first kappa shape index (κ1) is 20.4. The Morgan fingerprint density at radius 2 is 2.00 bits per heavy atom. The van der Waals surface area contributed by atoms with Crippen LogP contribution in [0.1, 0.15) is 38.1 Å². The van der Waals surface area contributed by atoms with Gasteiger partial charge in [0.15, 0.2) is 0 Å². The normalized spacial score (nSPS) is 19.8. The molecule has 2 heterocycles. The standard InChI is InChI=1S/C15H28N4O2S.ClH/c1-11(2)9-19-13(4)15(12(3)17-19)22(20,21)18-8-6-7-14(10-18)16-5;/h11,14,16H,6-10H2,1-5H3;1H. The number of sulfonamides is 1. The summed E-state index contributed by atoms with van der Waals surface area (Å²) in [7, 11) is -1.58. The minimum atomic E-state index is -3.47. The Kier molecular flexibility index (Phi) is 7.07. The van der Waals surface area contributed by atoms with E-state index >= 15 is 0 Å². The molecule has 1 unspecified atom stereocenters. The fraction of sp³-hybridized carbons (Fsp3) is 0.800. The van der Waals surface area contributed by atoms with Gasteiger partial charge in [0.05, 0.1) is 11.4 Å². The summed E-state index contributed by atoms with van der Waals surface area (Å²) in [6.07, 6.45) is 1.91. The predicted octanol–water partition coefficient (Wildman–Crippen LogP) is 1.95. The quantitative estimate of drug-likeness (QED) is 0.867. The largest absolute Gasteiger partial charge is 0.316 e. The first-order valence-corrected chi connectivity index (χ1v) is 9.42. The predicted molar refractivity (Wildman–Crippen MR) is 94.6 cm³/mol. The zero-order valence-corrected chi connectivity index (χ0v) is 16.3. The maximum absolute atomic E-state index is 13.0. The Morgan fingerprint density at radius 3 is 2.57 bits per heavy atom. The second-order valence-corrected chi connectivity index (χ2v) is 8.44. The number of likely N-dealkylation sites (N-methyl/N-ethyl adjacent to an activating group) is 1. The smallest absolute Gasteiger partial charge is 0.246 e. The van der Waals surface area contributed by atoms with Gasteiger partial charge in [-0.25, -0.2) is 8.42 Å². The molecule has 1 saturated heterocycles. The van der Waals surface area contributed by atoms with Gasteiger partial charge in [-0.1, -0.05) is 13.8 Å². The molecule has 6 nitrogen and oxygen atoms in total. The molecule has 2 rings (SSSR count). The lowest BCUT2D eigenvalue weighted by Crippen LogP contribution is -2.47. The zero-order valence-electron chi connectivity index (χ0n) is 14.7. The van der Waals surface area contributed by atoms with Crippen molar-refractivity contribution < 1.29 is 8.42 Å². The Balaban J connectivity index is 0.00000264. The highest BCUT2D eigenvalue weighted by Crippen LogP contribution is 2.26. The van der Waals surface area contributed by atoms with Crippen LogP contribution in [-0.4, -0.2) is 48.7 Å². The van der Waals surface area contributed by atoms with Gasteiger partial charge in [0.2, 0.25) is 10.0 Å². The molecule has 1 aliphatic heterocycles. The number of halogens is 1. The summed E-state index contributed by atoms with van der Waals surface area (Å²) in [5.41, 5.74) is 1.35. The van der Waals surface area contributed by atoms with E-state index < -0.39 is 10.0 Å². The van der Waals surface area contributed by atoms with Crippen molar-refractivity contribution in [3.05, 3.63) is 11.4 Å². The number of nitrogens with zero attached hydrogens (tertiary/aromatic N) is 3. The Labute approximate surface area is 146 Å². The van der Waals surface area contributed by atoms with Crippen LogP contribution in [-0.2, 0) is 16.6 Å². The van der Waals surface area contributed by atoms with Gasteiger partial charge in [-0.15, -0.1) is 12.4 Å². The number of aryl methyl sites for hydroxylation is 1. The van der Waals surface area contributed by atoms with Crippen molar-refractivity contribution in [2.45, 2.75) is 58.0 Å². The Bertz CT molecular complexity index is 628. The number of aromatic nitrogens is 2. The monoisotopic (exact) mass is 364 g/mol. The van der Waals surface area contributed by atoms with E-state index in [0.29, 0.717) is 29.6 Å². The average Bonchev–Trinajstić information content (AvgIpc) is 2.73. The van der Waals surface area contributed by atoms with Gasteiger partial charge in [0.1, 0.15) is 4.90 Å². The molecule has 0 spiro atoms. The third-order valence-electron chi connectivity index (χ3n) is 4.24. The van der Waals surface area contributed by atoms with Crippen LogP contribution in [0.5, 0.6) is 0 Å². The van der Waals surface area contributed by atoms with Gasteiger partial charge >= 0.3 is 0 Å². The van der Waals surface area contributed by atoms with Crippen molar-refractivity contribution in [1.29, 1.82) is 0 Å². The third kappa shape index (κ3) is 4.26. The lowest BCUT2D eigenvalue weighted by Gasteiger charge is -2.31. The second-order valence-electron chi connectivity index (χ2n) is 6.57. The van der Waals surface area contributed by atoms with E-state index in [1.165, 1.54) is 0 Å². The third-order valence-corrected chi connectivity index (χ3v) is 6.36. The highest BCUT2D eigenvalue weighted by molar-refractivity contribution is 7.89. The maximum Gasteiger partial charge on any atom is 0.246 e. The molecule has 1 aromatic rings. The van der Waals surface area contributed by atoms with Crippen molar-refractivity contribution in [3.8, 4) is 0 Å². The van der Waals surface area contributed by atoms with Gasteiger partial charge in [-0.2, -0.15) is 9.40 Å². The number of rotatable bonds is 5. The molecular formula is C15H29ClN4O2S.